The van der Waals surface area contributed by atoms with Gasteiger partial charge in [0.25, 0.3) is 0 Å². The summed E-state index contributed by atoms with van der Waals surface area (Å²) in [5.74, 6) is 0.675. The Morgan fingerprint density at radius 3 is 2.62 bits per heavy atom. The number of aliphatic hydroxyl groups excluding tert-OH is 1. The number of rotatable bonds is 2. The molecule has 0 unspecified atom stereocenters. The van der Waals surface area contributed by atoms with E-state index in [0.717, 1.165) is 6.61 Å². The summed E-state index contributed by atoms with van der Waals surface area (Å²) >= 11 is 0. The molecule has 3 nitrogen and oxygen atoms in total. The first-order valence-electron chi connectivity index (χ1n) is 5.24. The molecule has 0 spiro atoms. The van der Waals surface area contributed by atoms with Crippen LogP contribution in [0.5, 0.6) is 0 Å². The van der Waals surface area contributed by atoms with E-state index in [4.69, 9.17) is 14.6 Å². The molecular formula is C10H18O3. The van der Waals surface area contributed by atoms with Crippen LogP contribution in [0.2, 0.25) is 0 Å². The van der Waals surface area contributed by atoms with Gasteiger partial charge in [-0.1, -0.05) is 12.8 Å². The Balaban J connectivity index is 1.84. The van der Waals surface area contributed by atoms with E-state index in [9.17, 15) is 0 Å². The highest BCUT2D eigenvalue weighted by atomic mass is 16.6. The van der Waals surface area contributed by atoms with Crippen LogP contribution in [0.3, 0.4) is 0 Å². The van der Waals surface area contributed by atoms with Crippen LogP contribution in [-0.4, -0.2) is 37.1 Å². The minimum atomic E-state index is -0.0839. The predicted molar refractivity (Wildman–Crippen MR) is 48.5 cm³/mol. The first-order chi connectivity index (χ1) is 6.40. The van der Waals surface area contributed by atoms with E-state index >= 15 is 0 Å². The van der Waals surface area contributed by atoms with Crippen LogP contribution in [0.1, 0.15) is 25.7 Å². The molecule has 13 heavy (non-hydrogen) atoms. The van der Waals surface area contributed by atoms with E-state index < -0.39 is 0 Å². The van der Waals surface area contributed by atoms with Gasteiger partial charge in [-0.05, 0) is 18.8 Å². The Morgan fingerprint density at radius 2 is 1.92 bits per heavy atom. The van der Waals surface area contributed by atoms with Crippen molar-refractivity contribution in [2.75, 3.05) is 19.8 Å². The maximum Gasteiger partial charge on any atom is 0.104 e. The Labute approximate surface area is 79.0 Å². The van der Waals surface area contributed by atoms with E-state index in [0.29, 0.717) is 12.5 Å². The van der Waals surface area contributed by atoms with Gasteiger partial charge in [0.05, 0.1) is 25.9 Å². The Hall–Kier alpha value is -0.120. The van der Waals surface area contributed by atoms with Crippen LogP contribution in [0.25, 0.3) is 0 Å². The molecule has 1 saturated heterocycles. The van der Waals surface area contributed by atoms with Crippen molar-refractivity contribution in [3.63, 3.8) is 0 Å². The molecular weight excluding hydrogens is 168 g/mol. The topological polar surface area (TPSA) is 38.7 Å². The second-order valence-electron chi connectivity index (χ2n) is 4.06. The van der Waals surface area contributed by atoms with Crippen molar-refractivity contribution in [3.05, 3.63) is 0 Å². The van der Waals surface area contributed by atoms with E-state index in [-0.39, 0.29) is 18.8 Å². The van der Waals surface area contributed by atoms with Gasteiger partial charge in [-0.15, -0.1) is 0 Å². The van der Waals surface area contributed by atoms with Gasteiger partial charge in [0.15, 0.2) is 0 Å². The predicted octanol–water partition coefficient (Wildman–Crippen LogP) is 0.953. The summed E-state index contributed by atoms with van der Waals surface area (Å²) in [7, 11) is 0. The molecule has 1 N–H and O–H groups in total. The molecule has 1 saturated carbocycles. The minimum Gasteiger partial charge on any atom is -0.394 e. The average molecular weight is 186 g/mol. The van der Waals surface area contributed by atoms with E-state index in [1.54, 1.807) is 0 Å². The van der Waals surface area contributed by atoms with Gasteiger partial charge >= 0.3 is 0 Å². The lowest BCUT2D eigenvalue weighted by Gasteiger charge is -2.32. The molecule has 0 aromatic carbocycles. The summed E-state index contributed by atoms with van der Waals surface area (Å²) in [6, 6.07) is 0. The lowest BCUT2D eigenvalue weighted by atomic mass is 10.0. The van der Waals surface area contributed by atoms with Crippen LogP contribution >= 0.6 is 0 Å². The van der Waals surface area contributed by atoms with Crippen LogP contribution < -0.4 is 0 Å². The summed E-state index contributed by atoms with van der Waals surface area (Å²) in [5.41, 5.74) is 0. The Bertz CT molecular complexity index is 154. The maximum absolute atomic E-state index is 8.95. The molecule has 1 heterocycles. The average Bonchev–Trinajstić information content (AvgIpc) is 2.71. The van der Waals surface area contributed by atoms with Crippen molar-refractivity contribution in [1.29, 1.82) is 0 Å². The van der Waals surface area contributed by atoms with Gasteiger partial charge in [0.2, 0.25) is 0 Å². The van der Waals surface area contributed by atoms with Gasteiger partial charge in [0, 0.05) is 0 Å². The van der Waals surface area contributed by atoms with Crippen molar-refractivity contribution in [1.82, 2.24) is 0 Å². The molecule has 1 aliphatic carbocycles. The van der Waals surface area contributed by atoms with Crippen LogP contribution in [0.4, 0.5) is 0 Å². The zero-order valence-electron chi connectivity index (χ0n) is 7.95. The van der Waals surface area contributed by atoms with E-state index in [1.165, 1.54) is 25.7 Å². The Kier molecular flexibility index (Phi) is 3.19. The molecule has 3 heteroatoms. The van der Waals surface area contributed by atoms with Crippen molar-refractivity contribution >= 4 is 0 Å². The quantitative estimate of drug-likeness (QED) is 0.698. The fourth-order valence-electron chi connectivity index (χ4n) is 2.31. The van der Waals surface area contributed by atoms with Gasteiger partial charge in [-0.25, -0.2) is 0 Å². The zero-order valence-corrected chi connectivity index (χ0v) is 7.95. The lowest BCUT2D eigenvalue weighted by molar-refractivity contribution is -0.166. The standard InChI is InChI=1S/C10H18O3/c11-5-9-6-12-7-10(13-9)8-3-1-2-4-8/h8-11H,1-7H2/t9-,10+/m0/s1. The maximum atomic E-state index is 8.95. The molecule has 0 amide bonds. The second-order valence-corrected chi connectivity index (χ2v) is 4.06. The van der Waals surface area contributed by atoms with E-state index in [2.05, 4.69) is 0 Å². The minimum absolute atomic E-state index is 0.0839. The van der Waals surface area contributed by atoms with E-state index in [1.807, 2.05) is 0 Å². The molecule has 0 radical (unpaired) electrons. The molecule has 2 atom stereocenters. The number of ether oxygens (including phenoxy) is 2. The summed E-state index contributed by atoms with van der Waals surface area (Å²) in [5, 5.41) is 8.95. The SMILES string of the molecule is OC[C@H]1COC[C@H](C2CCCC2)O1. The van der Waals surface area contributed by atoms with Crippen LogP contribution in [0.15, 0.2) is 0 Å². The highest BCUT2D eigenvalue weighted by Crippen LogP contribution is 2.31. The van der Waals surface area contributed by atoms with Gasteiger partial charge < -0.3 is 14.6 Å². The highest BCUT2D eigenvalue weighted by molar-refractivity contribution is 4.79. The molecule has 1 aliphatic heterocycles. The molecule has 76 valence electrons. The molecule has 2 aliphatic rings. The number of hydrogen-bond donors (Lipinski definition) is 1. The van der Waals surface area contributed by atoms with Crippen molar-refractivity contribution in [2.45, 2.75) is 37.9 Å². The van der Waals surface area contributed by atoms with Crippen LogP contribution in [-0.2, 0) is 9.47 Å². The Morgan fingerprint density at radius 1 is 1.15 bits per heavy atom. The van der Waals surface area contributed by atoms with Crippen molar-refractivity contribution in [2.24, 2.45) is 5.92 Å². The molecule has 0 bridgehead atoms. The molecule has 2 fully saturated rings. The first-order valence-corrected chi connectivity index (χ1v) is 5.24. The van der Waals surface area contributed by atoms with Gasteiger partial charge in [-0.3, -0.25) is 0 Å². The number of hydrogen-bond acceptors (Lipinski definition) is 3. The van der Waals surface area contributed by atoms with Crippen molar-refractivity contribution < 1.29 is 14.6 Å². The summed E-state index contributed by atoms with van der Waals surface area (Å²) < 4.78 is 11.2. The normalized spacial score (nSPS) is 36.7. The van der Waals surface area contributed by atoms with Gasteiger partial charge in [-0.2, -0.15) is 0 Å². The fourth-order valence-corrected chi connectivity index (χ4v) is 2.31. The fraction of sp³-hybridized carbons (Fsp3) is 1.00. The third kappa shape index (κ3) is 2.22. The summed E-state index contributed by atoms with van der Waals surface area (Å²) in [6.45, 7) is 1.37. The highest BCUT2D eigenvalue weighted by Gasteiger charge is 2.31. The third-order valence-corrected chi connectivity index (χ3v) is 3.08. The summed E-state index contributed by atoms with van der Waals surface area (Å²) in [6.07, 6.45) is 5.36. The molecule has 0 aromatic rings. The zero-order chi connectivity index (χ0) is 9.10. The smallest absolute Gasteiger partial charge is 0.104 e. The molecule has 0 aromatic heterocycles. The molecule has 2 rings (SSSR count). The third-order valence-electron chi connectivity index (χ3n) is 3.08. The van der Waals surface area contributed by atoms with Gasteiger partial charge in [0.1, 0.15) is 6.10 Å². The summed E-state index contributed by atoms with van der Waals surface area (Å²) in [4.78, 5) is 0. The first kappa shape index (κ1) is 9.44. The monoisotopic (exact) mass is 186 g/mol. The lowest BCUT2D eigenvalue weighted by Crippen LogP contribution is -2.41. The largest absolute Gasteiger partial charge is 0.394 e. The van der Waals surface area contributed by atoms with Crippen molar-refractivity contribution in [3.8, 4) is 0 Å². The van der Waals surface area contributed by atoms with Crippen LogP contribution in [0, 0.1) is 5.92 Å². The second kappa shape index (κ2) is 4.40. The number of aliphatic hydroxyl groups is 1.